The highest BCUT2D eigenvalue weighted by atomic mass is 16.3. The second-order valence-corrected chi connectivity index (χ2v) is 13.3. The minimum Gasteiger partial charge on any atom is -0.455 e. The van der Waals surface area contributed by atoms with Crippen molar-refractivity contribution >= 4 is 76.1 Å². The van der Waals surface area contributed by atoms with Crippen LogP contribution in [0.4, 0.5) is 0 Å². The number of rotatable bonds is 3. The van der Waals surface area contributed by atoms with E-state index in [0.717, 1.165) is 38.8 Å². The van der Waals surface area contributed by atoms with Crippen LogP contribution in [0.15, 0.2) is 180 Å². The molecule has 0 unspecified atom stereocenters. The van der Waals surface area contributed by atoms with Gasteiger partial charge in [0.15, 0.2) is 0 Å². The fourth-order valence-corrected chi connectivity index (χ4v) is 8.29. The summed E-state index contributed by atoms with van der Waals surface area (Å²) in [7, 11) is 0. The minimum absolute atomic E-state index is 0.914. The molecule has 0 aliphatic heterocycles. The van der Waals surface area contributed by atoms with Crippen LogP contribution in [0.1, 0.15) is 0 Å². The van der Waals surface area contributed by atoms with E-state index in [4.69, 9.17) is 4.42 Å². The van der Waals surface area contributed by atoms with E-state index < -0.39 is 0 Å². The Balaban J connectivity index is 1.20. The van der Waals surface area contributed by atoms with E-state index in [9.17, 15) is 0 Å². The van der Waals surface area contributed by atoms with Crippen molar-refractivity contribution in [2.24, 2.45) is 0 Å². The Morgan fingerprint density at radius 1 is 0.320 bits per heavy atom. The van der Waals surface area contributed by atoms with Crippen molar-refractivity contribution in [1.29, 1.82) is 0 Å². The van der Waals surface area contributed by atoms with Crippen LogP contribution in [0.5, 0.6) is 0 Å². The lowest BCUT2D eigenvalue weighted by atomic mass is 9.94. The molecule has 0 amide bonds. The molecule has 0 saturated heterocycles. The second kappa shape index (κ2) is 10.4. The second-order valence-electron chi connectivity index (χ2n) is 13.3. The maximum atomic E-state index is 6.49. The zero-order valence-electron chi connectivity index (χ0n) is 27.1. The molecule has 11 aromatic rings. The van der Waals surface area contributed by atoms with Crippen LogP contribution in [0.3, 0.4) is 0 Å². The standard InChI is InChI=1S/C48H29NO/c1-2-11-30(12-3-1)31-21-25-45-43(27-31)44-28-32(34-18-10-19-41-40-17-8-9-20-47(40)50-48(34)41)22-26-46(44)49(45)33-23-24-39-37-15-5-4-13-35(37)36-14-6-7-16-38(36)42(39)29-33/h1-29H. The van der Waals surface area contributed by atoms with Crippen LogP contribution in [-0.4, -0.2) is 4.57 Å². The zero-order chi connectivity index (χ0) is 32.8. The molecule has 2 heteroatoms. The van der Waals surface area contributed by atoms with Crippen LogP contribution in [0.25, 0.3) is 104 Å². The van der Waals surface area contributed by atoms with Crippen LogP contribution in [0.2, 0.25) is 0 Å². The molecule has 232 valence electrons. The molecular formula is C48H29NO. The molecular weight excluding hydrogens is 607 g/mol. The zero-order valence-corrected chi connectivity index (χ0v) is 27.1. The Kier molecular flexibility index (Phi) is 5.70. The average molecular weight is 636 g/mol. The lowest BCUT2D eigenvalue weighted by molar-refractivity contribution is 0.670. The molecule has 11 rings (SSSR count). The largest absolute Gasteiger partial charge is 0.455 e. The van der Waals surface area contributed by atoms with Crippen molar-refractivity contribution in [2.75, 3.05) is 0 Å². The summed E-state index contributed by atoms with van der Waals surface area (Å²) in [6, 6.07) is 63.8. The van der Waals surface area contributed by atoms with Crippen LogP contribution in [0, 0.1) is 0 Å². The number of aromatic nitrogens is 1. The van der Waals surface area contributed by atoms with E-state index in [1.165, 1.54) is 65.3 Å². The number of para-hydroxylation sites is 2. The highest BCUT2D eigenvalue weighted by molar-refractivity contribution is 6.25. The minimum atomic E-state index is 0.914. The summed E-state index contributed by atoms with van der Waals surface area (Å²) in [5.41, 5.74) is 10.0. The fourth-order valence-electron chi connectivity index (χ4n) is 8.29. The van der Waals surface area contributed by atoms with Gasteiger partial charge in [-0.25, -0.2) is 0 Å². The summed E-state index contributed by atoms with van der Waals surface area (Å²) in [6.45, 7) is 0. The summed E-state index contributed by atoms with van der Waals surface area (Å²) in [6.07, 6.45) is 0. The maximum Gasteiger partial charge on any atom is 0.143 e. The van der Waals surface area contributed by atoms with E-state index in [1.807, 2.05) is 6.07 Å². The van der Waals surface area contributed by atoms with Crippen molar-refractivity contribution in [3.05, 3.63) is 176 Å². The molecule has 9 aromatic carbocycles. The van der Waals surface area contributed by atoms with Gasteiger partial charge in [0.2, 0.25) is 0 Å². The SMILES string of the molecule is c1ccc(-c2ccc3c(c2)c2cc(-c4cccc5c4oc4ccccc45)ccc2n3-c2ccc3c4ccccc4c4ccccc4c3c2)cc1. The maximum absolute atomic E-state index is 6.49. The summed E-state index contributed by atoms with van der Waals surface area (Å²) in [5, 5.41) is 12.4. The predicted octanol–water partition coefficient (Wildman–Crippen LogP) is 13.5. The number of hydrogen-bond acceptors (Lipinski definition) is 1. The topological polar surface area (TPSA) is 18.1 Å². The third-order valence-corrected chi connectivity index (χ3v) is 10.6. The predicted molar refractivity (Wildman–Crippen MR) is 211 cm³/mol. The van der Waals surface area contributed by atoms with Gasteiger partial charge in [0, 0.05) is 32.8 Å². The van der Waals surface area contributed by atoms with Gasteiger partial charge in [-0.15, -0.1) is 0 Å². The smallest absolute Gasteiger partial charge is 0.143 e. The highest BCUT2D eigenvalue weighted by Gasteiger charge is 2.18. The summed E-state index contributed by atoms with van der Waals surface area (Å²) < 4.78 is 8.93. The number of hydrogen-bond donors (Lipinski definition) is 0. The molecule has 0 spiro atoms. The third kappa shape index (κ3) is 3.90. The number of fused-ring (bicyclic) bond motifs is 12. The molecule has 0 aliphatic rings. The molecule has 2 aromatic heterocycles. The third-order valence-electron chi connectivity index (χ3n) is 10.6. The summed E-state index contributed by atoms with van der Waals surface area (Å²) in [5.74, 6) is 0. The Labute approximate surface area is 288 Å². The van der Waals surface area contributed by atoms with E-state index in [1.54, 1.807) is 0 Å². The fraction of sp³-hybridized carbons (Fsp3) is 0. The number of nitrogens with zero attached hydrogens (tertiary/aromatic N) is 1. The van der Waals surface area contributed by atoms with E-state index in [0.29, 0.717) is 0 Å². The Morgan fingerprint density at radius 3 is 1.60 bits per heavy atom. The van der Waals surface area contributed by atoms with Crippen molar-refractivity contribution in [3.8, 4) is 27.9 Å². The first kappa shape index (κ1) is 27.3. The molecule has 0 fully saturated rings. The molecule has 0 aliphatic carbocycles. The van der Waals surface area contributed by atoms with Crippen LogP contribution >= 0.6 is 0 Å². The Morgan fingerprint density at radius 2 is 0.880 bits per heavy atom. The van der Waals surface area contributed by atoms with Gasteiger partial charge in [-0.05, 0) is 91.5 Å². The molecule has 2 nitrogen and oxygen atoms in total. The van der Waals surface area contributed by atoms with Gasteiger partial charge >= 0.3 is 0 Å². The molecule has 0 radical (unpaired) electrons. The van der Waals surface area contributed by atoms with Crippen molar-refractivity contribution < 1.29 is 4.42 Å². The van der Waals surface area contributed by atoms with Gasteiger partial charge in [-0.1, -0.05) is 133 Å². The molecule has 2 heterocycles. The highest BCUT2D eigenvalue weighted by Crippen LogP contribution is 2.42. The molecule has 0 atom stereocenters. The normalized spacial score (nSPS) is 12.0. The van der Waals surface area contributed by atoms with Crippen LogP contribution in [-0.2, 0) is 0 Å². The Hall–Kier alpha value is -6.64. The summed E-state index contributed by atoms with van der Waals surface area (Å²) in [4.78, 5) is 0. The molecule has 0 saturated carbocycles. The average Bonchev–Trinajstić information content (AvgIpc) is 3.73. The van der Waals surface area contributed by atoms with Gasteiger partial charge < -0.3 is 8.98 Å². The van der Waals surface area contributed by atoms with Crippen LogP contribution < -0.4 is 0 Å². The number of furan rings is 1. The van der Waals surface area contributed by atoms with Gasteiger partial charge in [0.1, 0.15) is 11.2 Å². The molecule has 50 heavy (non-hydrogen) atoms. The van der Waals surface area contributed by atoms with Gasteiger partial charge in [0.05, 0.1) is 11.0 Å². The first-order chi connectivity index (χ1) is 24.8. The first-order valence-electron chi connectivity index (χ1n) is 17.2. The Bertz CT molecular complexity index is 3110. The van der Waals surface area contributed by atoms with Gasteiger partial charge in [0.25, 0.3) is 0 Å². The lowest BCUT2D eigenvalue weighted by Crippen LogP contribution is -1.94. The van der Waals surface area contributed by atoms with Crippen molar-refractivity contribution in [2.45, 2.75) is 0 Å². The van der Waals surface area contributed by atoms with E-state index >= 15 is 0 Å². The van der Waals surface area contributed by atoms with Crippen molar-refractivity contribution in [3.63, 3.8) is 0 Å². The van der Waals surface area contributed by atoms with E-state index in [-0.39, 0.29) is 0 Å². The molecule has 0 bridgehead atoms. The van der Waals surface area contributed by atoms with Crippen molar-refractivity contribution in [1.82, 2.24) is 4.57 Å². The van der Waals surface area contributed by atoms with Gasteiger partial charge in [-0.2, -0.15) is 0 Å². The number of benzene rings is 9. The molecule has 0 N–H and O–H groups in total. The van der Waals surface area contributed by atoms with E-state index in [2.05, 4.69) is 174 Å². The lowest BCUT2D eigenvalue weighted by Gasteiger charge is -2.14. The monoisotopic (exact) mass is 635 g/mol. The summed E-state index contributed by atoms with van der Waals surface area (Å²) >= 11 is 0. The van der Waals surface area contributed by atoms with Gasteiger partial charge in [-0.3, -0.25) is 0 Å². The first-order valence-corrected chi connectivity index (χ1v) is 17.2. The quantitative estimate of drug-likeness (QED) is 0.177.